The van der Waals surface area contributed by atoms with Crippen molar-refractivity contribution in [3.05, 3.63) is 0 Å². The molecule has 0 aromatic rings. The third kappa shape index (κ3) is 409. The summed E-state index contributed by atoms with van der Waals surface area (Å²) in [7, 11) is -4.61. The molecule has 4 N–H and O–H groups in total. The maximum atomic E-state index is 7.33. The topological polar surface area (TPSA) is 80.9 Å². The van der Waals surface area contributed by atoms with E-state index in [1.165, 1.54) is 0 Å². The fourth-order valence-electron chi connectivity index (χ4n) is 0. The summed E-state index contributed by atoms with van der Waals surface area (Å²) in [6.07, 6.45) is 0. The van der Waals surface area contributed by atoms with Crippen LogP contribution in [-0.2, 0) is 0 Å². The maximum absolute atomic E-state index is 7.33. The van der Waals surface area contributed by atoms with Crippen LogP contribution in [0, 0.1) is 0 Å². The van der Waals surface area contributed by atoms with Gasteiger partial charge >= 0.3 is 9.05 Å². The lowest BCUT2D eigenvalue weighted by molar-refractivity contribution is 0.117. The van der Waals surface area contributed by atoms with Gasteiger partial charge < -0.3 is 19.2 Å². The van der Waals surface area contributed by atoms with Crippen molar-refractivity contribution in [2.24, 2.45) is 0 Å². The third-order valence-electron chi connectivity index (χ3n) is 0. The Bertz CT molecular complexity index is 29.5. The molecule has 0 aromatic heterocycles. The van der Waals surface area contributed by atoms with Crippen molar-refractivity contribution in [3.63, 3.8) is 0 Å². The second-order valence-electron chi connectivity index (χ2n) is 0.600. The molecule has 0 aliphatic carbocycles. The smallest absolute Gasteiger partial charge is 0.368 e. The zero-order chi connectivity index (χ0) is 4.50. The van der Waals surface area contributed by atoms with Gasteiger partial charge in [0.1, 0.15) is 0 Å². The fraction of sp³-hybridized carbons (Fsp3) is 0. The van der Waals surface area contributed by atoms with Gasteiger partial charge in [0.25, 0.3) is 0 Å². The highest BCUT2D eigenvalue weighted by atomic mass is 28.4. The molecule has 0 saturated heterocycles. The molecular weight excluding hydrogens is 166 g/mol. The van der Waals surface area contributed by atoms with Gasteiger partial charge in [-0.25, -0.2) is 0 Å². The van der Waals surface area contributed by atoms with Gasteiger partial charge in [-0.15, -0.1) is 0 Å². The molecule has 4 nitrogen and oxygen atoms in total. The minimum Gasteiger partial charge on any atom is -0.368 e. The first-order valence-electron chi connectivity index (χ1n) is 0.894. The molecule has 8 heteroatoms. The highest BCUT2D eigenvalue weighted by Gasteiger charge is 2.22. The summed E-state index contributed by atoms with van der Waals surface area (Å²) in [5.41, 5.74) is 0. The molecule has 0 spiro atoms. The Morgan fingerprint density at radius 3 is 0.875 bits per heavy atom. The van der Waals surface area contributed by atoms with Crippen LogP contribution in [0.2, 0.25) is 0 Å². The number of halogens is 1. The average molecular weight is 178 g/mol. The molecule has 0 saturated carbocycles. The molecule has 0 bridgehead atoms. The van der Waals surface area contributed by atoms with E-state index in [1.54, 1.807) is 0 Å². The Kier molecular flexibility index (Phi) is 22.5. The predicted molar refractivity (Wildman–Crippen MR) is 38.4 cm³/mol. The van der Waals surface area contributed by atoms with E-state index in [0.717, 1.165) is 0 Å². The molecule has 0 unspecified atom stereocenters. The van der Waals surface area contributed by atoms with Crippen LogP contribution < -0.4 is 0 Å². The molecule has 0 heterocycles. The molecule has 8 heavy (non-hydrogen) atoms. The standard InChI is InChI=1S/Al.FH.H4O4Si.H4Si.3H/c;;1-5(2,3)4;;;;/h;1H;1-4H;1H4;;;. The molecule has 54 valence electrons. The van der Waals surface area contributed by atoms with Crippen LogP contribution in [0.15, 0.2) is 0 Å². The molecule has 0 radical (unpaired) electrons. The minimum atomic E-state index is -4.61. The minimum absolute atomic E-state index is 0. The van der Waals surface area contributed by atoms with E-state index >= 15 is 0 Å². The molecule has 0 atom stereocenters. The van der Waals surface area contributed by atoms with E-state index in [0.29, 0.717) is 0 Å². The molecule has 0 aliphatic rings. The lowest BCUT2D eigenvalue weighted by Crippen LogP contribution is -2.33. The van der Waals surface area contributed by atoms with Gasteiger partial charge in [0.05, 0.1) is 0 Å². The fourth-order valence-corrected chi connectivity index (χ4v) is 0. The predicted octanol–water partition coefficient (Wildman–Crippen LogP) is -5.09. The number of rotatable bonds is 0. The quantitative estimate of drug-likeness (QED) is 0.280. The molecule has 0 aromatic carbocycles. The van der Waals surface area contributed by atoms with Crippen LogP contribution in [0.1, 0.15) is 0 Å². The van der Waals surface area contributed by atoms with Gasteiger partial charge in [-0.1, -0.05) is 0 Å². The first-order valence-corrected chi connectivity index (χ1v) is 2.68. The normalized spacial score (nSPS) is 7.50. The van der Waals surface area contributed by atoms with E-state index in [9.17, 15) is 0 Å². The zero-order valence-corrected chi connectivity index (χ0v) is 3.70. The molecule has 0 aliphatic heterocycles. The monoisotopic (exact) mass is 178 g/mol. The summed E-state index contributed by atoms with van der Waals surface area (Å²) < 4.78 is 0. The first-order chi connectivity index (χ1) is 2.00. The Morgan fingerprint density at radius 2 is 0.875 bits per heavy atom. The number of hydrogen-bond acceptors (Lipinski definition) is 4. The summed E-state index contributed by atoms with van der Waals surface area (Å²) in [5, 5.41) is 0. The van der Waals surface area contributed by atoms with Crippen LogP contribution in [0.4, 0.5) is 4.70 Å². The van der Waals surface area contributed by atoms with Gasteiger partial charge in [-0.05, 0) is 11.0 Å². The van der Waals surface area contributed by atoms with Crippen LogP contribution in [0.5, 0.6) is 0 Å². The van der Waals surface area contributed by atoms with Gasteiger partial charge in [0, 0.05) is 0 Å². The van der Waals surface area contributed by atoms with Crippen molar-refractivity contribution in [1.29, 1.82) is 0 Å². The van der Waals surface area contributed by atoms with Crippen molar-refractivity contribution in [2.45, 2.75) is 0 Å². The van der Waals surface area contributed by atoms with E-state index in [4.69, 9.17) is 19.2 Å². The number of hydrogen-bond donors (Lipinski definition) is 4. The van der Waals surface area contributed by atoms with Gasteiger partial charge in [0.15, 0.2) is 17.4 Å². The highest BCUT2D eigenvalue weighted by molar-refractivity contribution is 6.46. The van der Waals surface area contributed by atoms with Crippen molar-refractivity contribution >= 4 is 37.4 Å². The Hall–Kier alpha value is 0.736. The van der Waals surface area contributed by atoms with Gasteiger partial charge in [-0.2, -0.15) is 0 Å². The van der Waals surface area contributed by atoms with E-state index in [1.807, 2.05) is 0 Å². The SMILES string of the molecule is F.O[Si](O)(O)O.[AlH3].[SiH4]. The Labute approximate surface area is 61.8 Å². The molecule has 0 rings (SSSR count). The van der Waals surface area contributed by atoms with Crippen LogP contribution in [-0.4, -0.2) is 56.6 Å². The Balaban J connectivity index is -0.0000000267. The van der Waals surface area contributed by atoms with Crippen molar-refractivity contribution in [3.8, 4) is 0 Å². The Morgan fingerprint density at radius 1 is 0.875 bits per heavy atom. The summed E-state index contributed by atoms with van der Waals surface area (Å²) in [4.78, 5) is 29.3. The summed E-state index contributed by atoms with van der Waals surface area (Å²) >= 11 is 0. The average Bonchev–Trinajstić information content (AvgIpc) is 0.722. The molecule has 0 amide bonds. The molecule has 0 fully saturated rings. The summed E-state index contributed by atoms with van der Waals surface area (Å²) in [6, 6.07) is 0. The van der Waals surface area contributed by atoms with E-state index in [-0.39, 0.29) is 33.0 Å². The van der Waals surface area contributed by atoms with Crippen molar-refractivity contribution < 1.29 is 23.9 Å². The van der Waals surface area contributed by atoms with Gasteiger partial charge in [-0.3, -0.25) is 4.70 Å². The second kappa shape index (κ2) is 7.74. The van der Waals surface area contributed by atoms with E-state index < -0.39 is 9.05 Å². The zero-order valence-electron chi connectivity index (χ0n) is 2.70. The largest absolute Gasteiger partial charge is 0.668 e. The van der Waals surface area contributed by atoms with Crippen molar-refractivity contribution in [2.75, 3.05) is 0 Å². The van der Waals surface area contributed by atoms with Crippen molar-refractivity contribution in [1.82, 2.24) is 0 Å². The molecular formula is H12AlFO4Si2. The lowest BCUT2D eigenvalue weighted by Gasteiger charge is -1.91. The van der Waals surface area contributed by atoms with Crippen LogP contribution in [0.25, 0.3) is 0 Å². The lowest BCUT2D eigenvalue weighted by atomic mass is 15.7. The van der Waals surface area contributed by atoms with E-state index in [2.05, 4.69) is 0 Å². The van der Waals surface area contributed by atoms with Gasteiger partial charge in [0.2, 0.25) is 0 Å². The highest BCUT2D eigenvalue weighted by Crippen LogP contribution is 1.67. The van der Waals surface area contributed by atoms with Crippen LogP contribution in [0.3, 0.4) is 0 Å². The summed E-state index contributed by atoms with van der Waals surface area (Å²) in [6.45, 7) is 0. The van der Waals surface area contributed by atoms with Crippen LogP contribution >= 0.6 is 0 Å². The summed E-state index contributed by atoms with van der Waals surface area (Å²) in [5.74, 6) is 0. The third-order valence-corrected chi connectivity index (χ3v) is 0. The second-order valence-corrected chi connectivity index (χ2v) is 1.80. The maximum Gasteiger partial charge on any atom is 0.668 e. The first kappa shape index (κ1) is 23.3.